The quantitative estimate of drug-likeness (QED) is 0.798. The van der Waals surface area contributed by atoms with E-state index >= 15 is 0 Å². The van der Waals surface area contributed by atoms with Gasteiger partial charge in [-0.25, -0.2) is 4.39 Å². The average Bonchev–Trinajstić information content (AvgIpc) is 2.29. The van der Waals surface area contributed by atoms with Gasteiger partial charge in [0.05, 0.1) is 11.4 Å². The van der Waals surface area contributed by atoms with Gasteiger partial charge in [-0.1, -0.05) is 0 Å². The third-order valence-corrected chi connectivity index (χ3v) is 3.53. The van der Waals surface area contributed by atoms with E-state index in [4.69, 9.17) is 5.73 Å². The maximum Gasteiger partial charge on any atom is 0.125 e. The van der Waals surface area contributed by atoms with E-state index in [0.717, 1.165) is 31.6 Å². The fourth-order valence-corrected chi connectivity index (χ4v) is 2.44. The summed E-state index contributed by atoms with van der Waals surface area (Å²) in [6.07, 6.45) is 2.26. The number of nitrogens with two attached hydrogens (primary N) is 1. The van der Waals surface area contributed by atoms with Gasteiger partial charge in [0.15, 0.2) is 0 Å². The Balaban J connectivity index is 2.05. The van der Waals surface area contributed by atoms with Gasteiger partial charge in [0.25, 0.3) is 0 Å². The normalized spacial score (nSPS) is 17.8. The smallest absolute Gasteiger partial charge is 0.125 e. The molecule has 4 heteroatoms. The Morgan fingerprint density at radius 2 is 1.94 bits per heavy atom. The molecule has 1 aliphatic rings. The van der Waals surface area contributed by atoms with Crippen LogP contribution in [-0.4, -0.2) is 38.1 Å². The molecule has 17 heavy (non-hydrogen) atoms. The van der Waals surface area contributed by atoms with Crippen molar-refractivity contribution in [1.82, 2.24) is 4.90 Å². The molecular formula is C13H20FN3. The lowest BCUT2D eigenvalue weighted by atomic mass is 10.0. The van der Waals surface area contributed by atoms with E-state index in [1.54, 1.807) is 6.07 Å². The van der Waals surface area contributed by atoms with Crippen LogP contribution in [0, 0.1) is 5.82 Å². The van der Waals surface area contributed by atoms with Crippen LogP contribution in [0.25, 0.3) is 0 Å². The number of piperidine rings is 1. The topological polar surface area (TPSA) is 32.5 Å². The van der Waals surface area contributed by atoms with Crippen molar-refractivity contribution in [3.8, 4) is 0 Å². The highest BCUT2D eigenvalue weighted by molar-refractivity contribution is 5.67. The van der Waals surface area contributed by atoms with E-state index < -0.39 is 0 Å². The van der Waals surface area contributed by atoms with Gasteiger partial charge in [0.1, 0.15) is 5.82 Å². The van der Waals surface area contributed by atoms with Crippen molar-refractivity contribution < 1.29 is 4.39 Å². The lowest BCUT2D eigenvalue weighted by Gasteiger charge is -2.36. The number of hydrogen-bond acceptors (Lipinski definition) is 3. The molecule has 0 spiro atoms. The molecule has 1 aromatic carbocycles. The van der Waals surface area contributed by atoms with Crippen molar-refractivity contribution in [2.24, 2.45) is 0 Å². The number of halogens is 1. The molecule has 0 bridgehead atoms. The first-order chi connectivity index (χ1) is 8.08. The largest absolute Gasteiger partial charge is 0.397 e. The molecule has 1 fully saturated rings. The summed E-state index contributed by atoms with van der Waals surface area (Å²) in [5.41, 5.74) is 7.35. The molecule has 0 unspecified atom stereocenters. The maximum absolute atomic E-state index is 13.0. The van der Waals surface area contributed by atoms with Crippen LogP contribution < -0.4 is 10.6 Å². The second-order valence-electron chi connectivity index (χ2n) is 4.88. The Bertz CT molecular complexity index is 384. The Morgan fingerprint density at radius 3 is 2.47 bits per heavy atom. The highest BCUT2D eigenvalue weighted by atomic mass is 19.1. The molecule has 1 aromatic rings. The van der Waals surface area contributed by atoms with Crippen LogP contribution >= 0.6 is 0 Å². The predicted molar refractivity (Wildman–Crippen MR) is 69.7 cm³/mol. The van der Waals surface area contributed by atoms with Gasteiger partial charge in [0, 0.05) is 19.1 Å². The number of nitrogen functional groups attached to an aromatic ring is 1. The van der Waals surface area contributed by atoms with Gasteiger partial charge >= 0.3 is 0 Å². The van der Waals surface area contributed by atoms with Crippen molar-refractivity contribution in [3.05, 3.63) is 24.0 Å². The number of hydrogen-bond donors (Lipinski definition) is 1. The minimum atomic E-state index is -0.269. The van der Waals surface area contributed by atoms with Crippen LogP contribution in [0.5, 0.6) is 0 Å². The van der Waals surface area contributed by atoms with E-state index in [-0.39, 0.29) is 5.82 Å². The second kappa shape index (κ2) is 4.92. The second-order valence-corrected chi connectivity index (χ2v) is 4.88. The lowest BCUT2D eigenvalue weighted by molar-refractivity contribution is 0.250. The monoisotopic (exact) mass is 237 g/mol. The summed E-state index contributed by atoms with van der Waals surface area (Å²) in [5.74, 6) is -0.269. The van der Waals surface area contributed by atoms with Crippen molar-refractivity contribution in [2.45, 2.75) is 18.9 Å². The average molecular weight is 237 g/mol. The molecule has 0 aliphatic carbocycles. The van der Waals surface area contributed by atoms with E-state index in [0.29, 0.717) is 11.7 Å². The molecule has 3 nitrogen and oxygen atoms in total. The Hall–Kier alpha value is -1.29. The fraction of sp³-hybridized carbons (Fsp3) is 0.538. The standard InChI is InChI=1S/C13H20FN3/c1-16(2)11-5-7-17(8-6-11)13-4-3-10(14)9-12(13)15/h3-4,9,11H,5-8,15H2,1-2H3. The third kappa shape index (κ3) is 2.69. The van der Waals surface area contributed by atoms with Gasteiger partial charge in [0.2, 0.25) is 0 Å². The van der Waals surface area contributed by atoms with Crippen molar-refractivity contribution in [1.29, 1.82) is 0 Å². The maximum atomic E-state index is 13.0. The molecule has 1 saturated heterocycles. The summed E-state index contributed by atoms with van der Waals surface area (Å²) in [4.78, 5) is 4.51. The van der Waals surface area contributed by atoms with Gasteiger partial charge in [-0.15, -0.1) is 0 Å². The van der Waals surface area contributed by atoms with Crippen LogP contribution in [0.4, 0.5) is 15.8 Å². The SMILES string of the molecule is CN(C)C1CCN(c2ccc(F)cc2N)CC1. The van der Waals surface area contributed by atoms with Crippen LogP contribution in [0.3, 0.4) is 0 Å². The molecular weight excluding hydrogens is 217 g/mol. The minimum absolute atomic E-state index is 0.269. The highest BCUT2D eigenvalue weighted by Gasteiger charge is 2.21. The summed E-state index contributed by atoms with van der Waals surface area (Å²) in [6.45, 7) is 1.97. The Morgan fingerprint density at radius 1 is 1.29 bits per heavy atom. The van der Waals surface area contributed by atoms with E-state index in [2.05, 4.69) is 23.9 Å². The van der Waals surface area contributed by atoms with Crippen molar-refractivity contribution >= 4 is 11.4 Å². The van der Waals surface area contributed by atoms with Gasteiger partial charge in [-0.3, -0.25) is 0 Å². The third-order valence-electron chi connectivity index (χ3n) is 3.53. The van der Waals surface area contributed by atoms with Gasteiger partial charge < -0.3 is 15.5 Å². The zero-order valence-corrected chi connectivity index (χ0v) is 10.5. The molecule has 0 atom stereocenters. The predicted octanol–water partition coefficient (Wildman–Crippen LogP) is 1.94. The number of rotatable bonds is 2. The fourth-order valence-electron chi connectivity index (χ4n) is 2.44. The lowest BCUT2D eigenvalue weighted by Crippen LogP contribution is -2.42. The molecule has 2 rings (SSSR count). The molecule has 1 heterocycles. The van der Waals surface area contributed by atoms with E-state index in [9.17, 15) is 4.39 Å². The van der Waals surface area contributed by atoms with Crippen molar-refractivity contribution in [2.75, 3.05) is 37.8 Å². The number of nitrogens with zero attached hydrogens (tertiary/aromatic N) is 2. The first kappa shape index (κ1) is 12.2. The zero-order valence-electron chi connectivity index (χ0n) is 10.5. The Kier molecular flexibility index (Phi) is 3.52. The molecule has 0 aromatic heterocycles. The highest BCUT2D eigenvalue weighted by Crippen LogP contribution is 2.27. The summed E-state index contributed by atoms with van der Waals surface area (Å²) >= 11 is 0. The first-order valence-corrected chi connectivity index (χ1v) is 6.04. The Labute approximate surface area is 102 Å². The molecule has 0 amide bonds. The number of benzene rings is 1. The number of anilines is 2. The summed E-state index contributed by atoms with van der Waals surface area (Å²) in [5, 5.41) is 0. The van der Waals surface area contributed by atoms with E-state index in [1.165, 1.54) is 12.1 Å². The van der Waals surface area contributed by atoms with Crippen LogP contribution in [0.1, 0.15) is 12.8 Å². The summed E-state index contributed by atoms with van der Waals surface area (Å²) in [7, 11) is 4.24. The molecule has 94 valence electrons. The molecule has 0 radical (unpaired) electrons. The van der Waals surface area contributed by atoms with Gasteiger partial charge in [-0.2, -0.15) is 0 Å². The summed E-state index contributed by atoms with van der Waals surface area (Å²) in [6, 6.07) is 5.30. The molecule has 1 aliphatic heterocycles. The molecule has 2 N–H and O–H groups in total. The first-order valence-electron chi connectivity index (χ1n) is 6.04. The van der Waals surface area contributed by atoms with Crippen molar-refractivity contribution in [3.63, 3.8) is 0 Å². The van der Waals surface area contributed by atoms with Crippen LogP contribution in [0.15, 0.2) is 18.2 Å². The van der Waals surface area contributed by atoms with E-state index in [1.807, 2.05) is 0 Å². The molecule has 0 saturated carbocycles. The zero-order chi connectivity index (χ0) is 12.4. The van der Waals surface area contributed by atoms with Crippen LogP contribution in [-0.2, 0) is 0 Å². The summed E-state index contributed by atoms with van der Waals surface area (Å²) < 4.78 is 13.0. The van der Waals surface area contributed by atoms with Crippen LogP contribution in [0.2, 0.25) is 0 Å². The van der Waals surface area contributed by atoms with Gasteiger partial charge in [-0.05, 0) is 45.1 Å². The minimum Gasteiger partial charge on any atom is -0.397 e.